The average Bonchev–Trinajstić information content (AvgIpc) is 3.01. The van der Waals surface area contributed by atoms with Gasteiger partial charge in [-0.25, -0.2) is 0 Å². The molecule has 2 fully saturated rings. The third-order valence-corrected chi connectivity index (χ3v) is 4.95. The minimum Gasteiger partial charge on any atom is -0.298 e. The molecule has 1 aliphatic carbocycles. The number of likely N-dealkylation sites (tertiary alicyclic amines) is 1. The van der Waals surface area contributed by atoms with Gasteiger partial charge in [0, 0.05) is 17.0 Å². The Morgan fingerprint density at radius 2 is 2.25 bits per heavy atom. The Morgan fingerprint density at radius 3 is 2.85 bits per heavy atom. The molecular formula is C15H20N2O2S. The lowest BCUT2D eigenvalue weighted by Gasteiger charge is -2.21. The number of nitrogens with one attached hydrogen (secondary N) is 1. The summed E-state index contributed by atoms with van der Waals surface area (Å²) in [6.07, 6.45) is 4.32. The quantitative estimate of drug-likeness (QED) is 0.819. The van der Waals surface area contributed by atoms with Gasteiger partial charge in [-0.3, -0.25) is 19.8 Å². The smallest absolute Gasteiger partial charge is 0.247 e. The van der Waals surface area contributed by atoms with Crippen LogP contribution in [0.3, 0.4) is 0 Å². The molecule has 20 heavy (non-hydrogen) atoms. The minimum atomic E-state index is -0.332. The van der Waals surface area contributed by atoms with Crippen molar-refractivity contribution >= 4 is 23.2 Å². The SMILES string of the molecule is CCCC(NC1CC(=O)N(C2CC2)C1=O)c1cccs1. The number of rotatable bonds is 6. The standard InChI is InChI=1S/C15H20N2O2S/c1-2-4-11(13-5-3-8-20-13)16-12-9-14(18)17(15(12)19)10-6-7-10/h3,5,8,10-12,16H,2,4,6-7,9H2,1H3. The second-order valence-electron chi connectivity index (χ2n) is 5.61. The molecule has 0 bridgehead atoms. The van der Waals surface area contributed by atoms with Crippen LogP contribution >= 0.6 is 11.3 Å². The maximum atomic E-state index is 12.4. The van der Waals surface area contributed by atoms with Crippen LogP contribution in [-0.2, 0) is 9.59 Å². The van der Waals surface area contributed by atoms with Gasteiger partial charge in [-0.2, -0.15) is 0 Å². The van der Waals surface area contributed by atoms with Gasteiger partial charge in [0.2, 0.25) is 11.8 Å². The monoisotopic (exact) mass is 292 g/mol. The first-order valence-electron chi connectivity index (χ1n) is 7.36. The number of hydrogen-bond acceptors (Lipinski definition) is 4. The van der Waals surface area contributed by atoms with Crippen molar-refractivity contribution in [3.8, 4) is 0 Å². The molecule has 1 saturated heterocycles. The summed E-state index contributed by atoms with van der Waals surface area (Å²) in [5.41, 5.74) is 0. The lowest BCUT2D eigenvalue weighted by Crippen LogP contribution is -2.41. The topological polar surface area (TPSA) is 49.4 Å². The lowest BCUT2D eigenvalue weighted by atomic mass is 10.1. The summed E-state index contributed by atoms with van der Waals surface area (Å²) in [7, 11) is 0. The molecule has 1 aromatic rings. The average molecular weight is 292 g/mol. The van der Waals surface area contributed by atoms with Crippen LogP contribution in [0, 0.1) is 0 Å². The van der Waals surface area contributed by atoms with E-state index in [4.69, 9.17) is 0 Å². The molecule has 3 rings (SSSR count). The van der Waals surface area contributed by atoms with Gasteiger partial charge in [0.05, 0.1) is 12.5 Å². The molecule has 4 nitrogen and oxygen atoms in total. The molecule has 1 saturated carbocycles. The molecule has 2 aliphatic rings. The van der Waals surface area contributed by atoms with Crippen molar-refractivity contribution in [2.75, 3.05) is 0 Å². The minimum absolute atomic E-state index is 0.00331. The van der Waals surface area contributed by atoms with Gasteiger partial charge in [-0.05, 0) is 30.7 Å². The molecule has 2 amide bonds. The molecule has 0 radical (unpaired) electrons. The second-order valence-corrected chi connectivity index (χ2v) is 6.59. The Balaban J connectivity index is 1.69. The summed E-state index contributed by atoms with van der Waals surface area (Å²) in [6, 6.07) is 4.16. The van der Waals surface area contributed by atoms with E-state index in [1.165, 1.54) is 9.78 Å². The van der Waals surface area contributed by atoms with Crippen LogP contribution in [0.1, 0.15) is 49.9 Å². The normalized spacial score (nSPS) is 24.4. The molecule has 5 heteroatoms. The summed E-state index contributed by atoms with van der Waals surface area (Å²) < 4.78 is 0. The Morgan fingerprint density at radius 1 is 1.45 bits per heavy atom. The molecular weight excluding hydrogens is 272 g/mol. The van der Waals surface area contributed by atoms with E-state index >= 15 is 0 Å². The highest BCUT2D eigenvalue weighted by Gasteiger charge is 2.46. The molecule has 1 aliphatic heterocycles. The number of hydrogen-bond donors (Lipinski definition) is 1. The van der Waals surface area contributed by atoms with E-state index in [9.17, 15) is 9.59 Å². The molecule has 2 heterocycles. The largest absolute Gasteiger partial charge is 0.298 e. The van der Waals surface area contributed by atoms with Gasteiger partial charge < -0.3 is 0 Å². The van der Waals surface area contributed by atoms with E-state index in [-0.39, 0.29) is 29.9 Å². The maximum absolute atomic E-state index is 12.4. The molecule has 1 N–H and O–H groups in total. The van der Waals surface area contributed by atoms with Crippen LogP contribution in [-0.4, -0.2) is 28.8 Å². The van der Waals surface area contributed by atoms with E-state index in [1.54, 1.807) is 11.3 Å². The fourth-order valence-electron chi connectivity index (χ4n) is 2.83. The van der Waals surface area contributed by atoms with Gasteiger partial charge >= 0.3 is 0 Å². The Labute approximate surface area is 123 Å². The zero-order valence-electron chi connectivity index (χ0n) is 11.7. The number of amides is 2. The first-order valence-corrected chi connectivity index (χ1v) is 8.24. The predicted molar refractivity (Wildman–Crippen MR) is 78.4 cm³/mol. The lowest BCUT2D eigenvalue weighted by molar-refractivity contribution is -0.139. The Hall–Kier alpha value is -1.20. The van der Waals surface area contributed by atoms with Crippen molar-refractivity contribution in [1.29, 1.82) is 0 Å². The molecule has 2 unspecified atom stereocenters. The fourth-order valence-corrected chi connectivity index (χ4v) is 3.65. The number of nitrogens with zero attached hydrogens (tertiary/aromatic N) is 1. The zero-order valence-corrected chi connectivity index (χ0v) is 12.5. The van der Waals surface area contributed by atoms with Gasteiger partial charge in [0.1, 0.15) is 0 Å². The Kier molecular flexibility index (Phi) is 3.89. The van der Waals surface area contributed by atoms with Gasteiger partial charge in [-0.1, -0.05) is 19.4 Å². The van der Waals surface area contributed by atoms with Gasteiger partial charge in [-0.15, -0.1) is 11.3 Å². The summed E-state index contributed by atoms with van der Waals surface area (Å²) in [4.78, 5) is 27.1. The van der Waals surface area contributed by atoms with Crippen LogP contribution < -0.4 is 5.32 Å². The van der Waals surface area contributed by atoms with E-state index in [0.29, 0.717) is 6.42 Å². The summed E-state index contributed by atoms with van der Waals surface area (Å²) in [6.45, 7) is 2.14. The predicted octanol–water partition coefficient (Wildman–Crippen LogP) is 2.47. The zero-order chi connectivity index (χ0) is 14.1. The molecule has 0 aromatic carbocycles. The molecule has 108 valence electrons. The van der Waals surface area contributed by atoms with Crippen molar-refractivity contribution in [3.63, 3.8) is 0 Å². The summed E-state index contributed by atoms with van der Waals surface area (Å²) in [5, 5.41) is 5.46. The van der Waals surface area contributed by atoms with Crippen molar-refractivity contribution in [3.05, 3.63) is 22.4 Å². The highest BCUT2D eigenvalue weighted by atomic mass is 32.1. The molecule has 2 atom stereocenters. The van der Waals surface area contributed by atoms with Gasteiger partial charge in [0.25, 0.3) is 0 Å². The van der Waals surface area contributed by atoms with Crippen LogP contribution in [0.2, 0.25) is 0 Å². The van der Waals surface area contributed by atoms with Crippen LogP contribution in [0.25, 0.3) is 0 Å². The Bertz CT molecular complexity index is 496. The third-order valence-electron chi connectivity index (χ3n) is 3.96. The fraction of sp³-hybridized carbons (Fsp3) is 0.600. The number of thiophene rings is 1. The highest BCUT2D eigenvalue weighted by Crippen LogP contribution is 2.33. The number of carbonyl (C=O) groups excluding carboxylic acids is 2. The first kappa shape index (κ1) is 13.8. The van der Waals surface area contributed by atoms with Crippen molar-refractivity contribution in [2.24, 2.45) is 0 Å². The maximum Gasteiger partial charge on any atom is 0.247 e. The van der Waals surface area contributed by atoms with E-state index < -0.39 is 0 Å². The molecule has 1 aromatic heterocycles. The molecule has 0 spiro atoms. The third kappa shape index (κ3) is 2.65. The van der Waals surface area contributed by atoms with Gasteiger partial charge in [0.15, 0.2) is 0 Å². The summed E-state index contributed by atoms with van der Waals surface area (Å²) >= 11 is 1.70. The van der Waals surface area contributed by atoms with E-state index in [1.807, 2.05) is 6.07 Å². The first-order chi connectivity index (χ1) is 9.70. The van der Waals surface area contributed by atoms with E-state index in [2.05, 4.69) is 23.7 Å². The second kappa shape index (κ2) is 5.66. The summed E-state index contributed by atoms with van der Waals surface area (Å²) in [5.74, 6) is -0.0217. The van der Waals surface area contributed by atoms with Crippen molar-refractivity contribution < 1.29 is 9.59 Å². The highest BCUT2D eigenvalue weighted by molar-refractivity contribution is 7.10. The number of carbonyl (C=O) groups is 2. The van der Waals surface area contributed by atoms with Crippen LogP contribution in [0.4, 0.5) is 0 Å². The number of imide groups is 1. The van der Waals surface area contributed by atoms with E-state index in [0.717, 1.165) is 25.7 Å². The van der Waals surface area contributed by atoms with Crippen LogP contribution in [0.5, 0.6) is 0 Å². The van der Waals surface area contributed by atoms with Crippen LogP contribution in [0.15, 0.2) is 17.5 Å². The van der Waals surface area contributed by atoms with Crippen molar-refractivity contribution in [1.82, 2.24) is 10.2 Å². The van der Waals surface area contributed by atoms with Crippen molar-refractivity contribution in [2.45, 2.75) is 57.2 Å².